The molecule has 0 unspecified atom stereocenters. The summed E-state index contributed by atoms with van der Waals surface area (Å²) in [5.41, 5.74) is 5.94. The van der Waals surface area contributed by atoms with E-state index in [2.05, 4.69) is 0 Å². The van der Waals surface area contributed by atoms with Crippen molar-refractivity contribution < 1.29 is 18.1 Å². The second kappa shape index (κ2) is 6.36. The van der Waals surface area contributed by atoms with E-state index in [0.29, 0.717) is 17.3 Å². The molecule has 2 aromatic rings. The predicted octanol–water partition coefficient (Wildman–Crippen LogP) is 2.94. The van der Waals surface area contributed by atoms with Crippen LogP contribution in [-0.4, -0.2) is 31.8 Å². The van der Waals surface area contributed by atoms with E-state index in [0.717, 1.165) is 0 Å². The van der Waals surface area contributed by atoms with E-state index in [9.17, 15) is 18.1 Å². The number of rotatable bonds is 3. The van der Waals surface area contributed by atoms with Gasteiger partial charge in [0.25, 0.3) is 0 Å². The number of carbonyl (C=O) groups excluding carboxylic acids is 1. The van der Waals surface area contributed by atoms with Crippen LogP contribution >= 0.6 is 7.14 Å². The first-order chi connectivity index (χ1) is 11.7. The number of nitrogens with zero attached hydrogens (tertiary/aromatic N) is 1. The van der Waals surface area contributed by atoms with E-state index in [1.54, 1.807) is 37.6 Å². The number of carbonyl (C=O) groups is 1. The molecule has 1 aliphatic rings. The lowest BCUT2D eigenvalue weighted by Crippen LogP contribution is -2.34. The van der Waals surface area contributed by atoms with Crippen LogP contribution in [0.3, 0.4) is 0 Å². The average Bonchev–Trinajstić information content (AvgIpc) is 2.89. The van der Waals surface area contributed by atoms with Crippen molar-refractivity contribution in [2.75, 3.05) is 24.8 Å². The van der Waals surface area contributed by atoms with Crippen LogP contribution in [0.4, 0.5) is 14.5 Å². The molecule has 1 fully saturated rings. The number of amides is 1. The van der Waals surface area contributed by atoms with Gasteiger partial charge in [0.05, 0.1) is 11.7 Å². The molecule has 0 aromatic heterocycles. The fourth-order valence-electron chi connectivity index (χ4n) is 3.07. The molecule has 1 saturated heterocycles. The molecule has 1 atom stereocenters. The van der Waals surface area contributed by atoms with Crippen molar-refractivity contribution in [2.45, 2.75) is 12.5 Å². The number of benzene rings is 2. The molecule has 3 rings (SSSR count). The Morgan fingerprint density at radius 2 is 1.76 bits per heavy atom. The Hall–Kier alpha value is -2.04. The fourth-order valence-corrected chi connectivity index (χ4v) is 4.29. The van der Waals surface area contributed by atoms with E-state index in [1.807, 2.05) is 0 Å². The average molecular weight is 364 g/mol. The van der Waals surface area contributed by atoms with Crippen molar-refractivity contribution in [1.29, 1.82) is 0 Å². The minimum absolute atomic E-state index is 0.0247. The summed E-state index contributed by atoms with van der Waals surface area (Å²) in [5.74, 6) is -2.58. The lowest BCUT2D eigenvalue weighted by Gasteiger charge is -2.19. The summed E-state index contributed by atoms with van der Waals surface area (Å²) >= 11 is 0. The van der Waals surface area contributed by atoms with Gasteiger partial charge in [-0.15, -0.1) is 0 Å². The smallest absolute Gasteiger partial charge is 0.244 e. The van der Waals surface area contributed by atoms with Gasteiger partial charge in [-0.05, 0) is 37.4 Å². The van der Waals surface area contributed by atoms with Crippen molar-refractivity contribution in [2.24, 2.45) is 5.73 Å². The van der Waals surface area contributed by atoms with Crippen LogP contribution in [0.2, 0.25) is 0 Å². The van der Waals surface area contributed by atoms with E-state index in [4.69, 9.17) is 5.73 Å². The van der Waals surface area contributed by atoms with Gasteiger partial charge in [-0.3, -0.25) is 4.79 Å². The molecule has 4 nitrogen and oxygen atoms in total. The van der Waals surface area contributed by atoms with E-state index in [-0.39, 0.29) is 17.8 Å². The number of anilines is 1. The van der Waals surface area contributed by atoms with Gasteiger partial charge in [0, 0.05) is 17.4 Å². The maximum absolute atomic E-state index is 14.8. The maximum atomic E-state index is 14.8. The molecule has 2 aromatic carbocycles. The highest BCUT2D eigenvalue weighted by Crippen LogP contribution is 2.40. The molecule has 0 saturated carbocycles. The third-order valence-corrected chi connectivity index (χ3v) is 5.92. The molecule has 25 heavy (non-hydrogen) atoms. The Labute approximate surface area is 145 Å². The van der Waals surface area contributed by atoms with Crippen LogP contribution < -0.4 is 15.9 Å². The zero-order valence-electron chi connectivity index (χ0n) is 14.0. The van der Waals surface area contributed by atoms with Crippen LogP contribution in [-0.2, 0) is 9.36 Å². The Morgan fingerprint density at radius 1 is 1.08 bits per heavy atom. The standard InChI is InChI=1S/C18H19F2N2O2P/c1-25(2,24)15-6-4-3-5-11(15)12-7-8-14(17(20)16(12)19)22-10-9-13(21)18(22)23/h3-8,13H,9-10,21H2,1-2H3/t13-/m1/s1. The number of hydrogen-bond acceptors (Lipinski definition) is 3. The minimum Gasteiger partial charge on any atom is -0.320 e. The third kappa shape index (κ3) is 3.12. The summed E-state index contributed by atoms with van der Waals surface area (Å²) in [5, 5.41) is 0.486. The van der Waals surface area contributed by atoms with Gasteiger partial charge >= 0.3 is 0 Å². The van der Waals surface area contributed by atoms with Gasteiger partial charge in [0.2, 0.25) is 5.91 Å². The summed E-state index contributed by atoms with van der Waals surface area (Å²) in [6.45, 7) is 3.42. The monoisotopic (exact) mass is 364 g/mol. The largest absolute Gasteiger partial charge is 0.320 e. The Morgan fingerprint density at radius 3 is 2.36 bits per heavy atom. The Balaban J connectivity index is 2.12. The van der Waals surface area contributed by atoms with E-state index < -0.39 is 30.7 Å². The lowest BCUT2D eigenvalue weighted by atomic mass is 10.0. The van der Waals surface area contributed by atoms with Crippen LogP contribution in [0.5, 0.6) is 0 Å². The molecular weight excluding hydrogens is 345 g/mol. The summed E-state index contributed by atoms with van der Waals surface area (Å²) < 4.78 is 41.9. The SMILES string of the molecule is CP(C)(=O)c1ccccc1-c1ccc(N2CC[C@@H](N)C2=O)c(F)c1F. The van der Waals surface area contributed by atoms with E-state index in [1.165, 1.54) is 17.0 Å². The first-order valence-corrected chi connectivity index (χ1v) is 10.5. The second-order valence-electron chi connectivity index (χ2n) is 6.51. The highest BCUT2D eigenvalue weighted by atomic mass is 31.2. The molecule has 2 N–H and O–H groups in total. The fraction of sp³-hybridized carbons (Fsp3) is 0.278. The van der Waals surface area contributed by atoms with Crippen LogP contribution in [0.25, 0.3) is 11.1 Å². The molecule has 1 amide bonds. The van der Waals surface area contributed by atoms with Crippen molar-refractivity contribution in [3.63, 3.8) is 0 Å². The van der Waals surface area contributed by atoms with Gasteiger partial charge < -0.3 is 15.2 Å². The molecule has 1 aliphatic heterocycles. The summed E-state index contributed by atoms with van der Waals surface area (Å²) in [7, 11) is -2.68. The summed E-state index contributed by atoms with van der Waals surface area (Å²) in [6.07, 6.45) is 0.402. The van der Waals surface area contributed by atoms with Crippen molar-refractivity contribution in [1.82, 2.24) is 0 Å². The molecule has 7 heteroatoms. The molecule has 132 valence electrons. The highest BCUT2D eigenvalue weighted by molar-refractivity contribution is 7.70. The van der Waals surface area contributed by atoms with Crippen molar-refractivity contribution >= 4 is 24.0 Å². The third-order valence-electron chi connectivity index (χ3n) is 4.37. The quantitative estimate of drug-likeness (QED) is 0.852. The topological polar surface area (TPSA) is 63.4 Å². The molecule has 1 heterocycles. The number of halogens is 2. The maximum Gasteiger partial charge on any atom is 0.244 e. The van der Waals surface area contributed by atoms with Gasteiger partial charge in [0.1, 0.15) is 7.14 Å². The van der Waals surface area contributed by atoms with Crippen LogP contribution in [0, 0.1) is 11.6 Å². The lowest BCUT2D eigenvalue weighted by molar-refractivity contribution is -0.118. The minimum atomic E-state index is -2.68. The predicted molar refractivity (Wildman–Crippen MR) is 95.8 cm³/mol. The van der Waals surface area contributed by atoms with Gasteiger partial charge in [-0.1, -0.05) is 24.3 Å². The van der Waals surface area contributed by atoms with Crippen molar-refractivity contribution in [3.05, 3.63) is 48.0 Å². The molecule has 0 spiro atoms. The Bertz CT molecular complexity index is 895. The number of nitrogens with two attached hydrogens (primary N) is 1. The van der Waals surface area contributed by atoms with Crippen LogP contribution in [0.15, 0.2) is 36.4 Å². The molecular formula is C18H19F2N2O2P. The summed E-state index contributed by atoms with van der Waals surface area (Å²) in [6, 6.07) is 8.77. The zero-order valence-corrected chi connectivity index (χ0v) is 14.9. The van der Waals surface area contributed by atoms with Gasteiger partial charge in [-0.2, -0.15) is 0 Å². The second-order valence-corrected chi connectivity index (χ2v) is 9.70. The summed E-state index contributed by atoms with van der Waals surface area (Å²) in [4.78, 5) is 13.2. The Kier molecular flexibility index (Phi) is 4.52. The van der Waals surface area contributed by atoms with Gasteiger partial charge in [0.15, 0.2) is 11.6 Å². The first kappa shape index (κ1) is 17.8. The molecule has 0 aliphatic carbocycles. The van der Waals surface area contributed by atoms with Crippen LogP contribution in [0.1, 0.15) is 6.42 Å². The van der Waals surface area contributed by atoms with E-state index >= 15 is 0 Å². The zero-order chi connectivity index (χ0) is 18.4. The molecule has 0 radical (unpaired) electrons. The van der Waals surface area contributed by atoms with Crippen molar-refractivity contribution in [3.8, 4) is 11.1 Å². The number of hydrogen-bond donors (Lipinski definition) is 1. The van der Waals surface area contributed by atoms with Gasteiger partial charge in [-0.25, -0.2) is 8.78 Å². The highest BCUT2D eigenvalue weighted by Gasteiger charge is 2.32. The first-order valence-electron chi connectivity index (χ1n) is 7.91. The normalized spacial score (nSPS) is 18.0. The molecule has 0 bridgehead atoms.